The van der Waals surface area contributed by atoms with Crippen molar-refractivity contribution in [2.75, 3.05) is 13.1 Å². The minimum atomic E-state index is 0.170. The molecule has 2 aliphatic rings. The van der Waals surface area contributed by atoms with Crippen molar-refractivity contribution < 1.29 is 4.79 Å². The van der Waals surface area contributed by atoms with Crippen LogP contribution in [0.1, 0.15) is 40.5 Å². The fourth-order valence-corrected chi connectivity index (χ4v) is 3.80. The summed E-state index contributed by atoms with van der Waals surface area (Å²) < 4.78 is 0. The molecule has 92 valence electrons. The Morgan fingerprint density at radius 3 is 2.25 bits per heavy atom. The number of carbonyl (C=O) groups excluding carboxylic acids is 1. The third kappa shape index (κ3) is 1.71. The molecule has 1 unspecified atom stereocenters. The van der Waals surface area contributed by atoms with Gasteiger partial charge in [0, 0.05) is 23.8 Å². The normalized spacial score (nSPS) is 32.6. The van der Waals surface area contributed by atoms with Crippen molar-refractivity contribution in [3.05, 3.63) is 0 Å². The van der Waals surface area contributed by atoms with Crippen LogP contribution >= 0.6 is 15.9 Å². The highest BCUT2D eigenvalue weighted by Crippen LogP contribution is 2.68. The molecule has 0 spiro atoms. The lowest BCUT2D eigenvalue weighted by Gasteiger charge is -2.30. The molecule has 3 heteroatoms. The molecule has 0 aromatic rings. The molecule has 2 rings (SSSR count). The first-order chi connectivity index (χ1) is 7.28. The van der Waals surface area contributed by atoms with Gasteiger partial charge in [0.1, 0.15) is 0 Å². The van der Waals surface area contributed by atoms with Gasteiger partial charge in [-0.15, -0.1) is 0 Å². The molecule has 1 amide bonds. The number of piperidine rings is 1. The van der Waals surface area contributed by atoms with E-state index in [0.29, 0.717) is 10.7 Å². The molecule has 1 aliphatic heterocycles. The van der Waals surface area contributed by atoms with Gasteiger partial charge in [0.05, 0.1) is 0 Å². The van der Waals surface area contributed by atoms with E-state index in [0.717, 1.165) is 19.5 Å². The third-order valence-corrected chi connectivity index (χ3v) is 5.69. The highest BCUT2D eigenvalue weighted by molar-refractivity contribution is 9.09. The molecule has 0 aromatic carbocycles. The van der Waals surface area contributed by atoms with Crippen LogP contribution in [0.2, 0.25) is 0 Å². The summed E-state index contributed by atoms with van der Waals surface area (Å²) in [6.45, 7) is 10.7. The Morgan fingerprint density at radius 1 is 1.25 bits per heavy atom. The molecule has 1 heterocycles. The van der Waals surface area contributed by atoms with Gasteiger partial charge >= 0.3 is 0 Å². The van der Waals surface area contributed by atoms with Crippen molar-refractivity contribution in [2.45, 2.75) is 45.4 Å². The van der Waals surface area contributed by atoms with E-state index in [-0.39, 0.29) is 16.7 Å². The predicted molar refractivity (Wildman–Crippen MR) is 69.6 cm³/mol. The van der Waals surface area contributed by atoms with E-state index in [1.807, 2.05) is 0 Å². The molecule has 16 heavy (non-hydrogen) atoms. The number of rotatable bonds is 1. The van der Waals surface area contributed by atoms with Gasteiger partial charge in [0.2, 0.25) is 5.91 Å². The highest BCUT2D eigenvalue weighted by atomic mass is 79.9. The zero-order chi connectivity index (χ0) is 12.1. The number of hydrogen-bond donors (Lipinski definition) is 0. The van der Waals surface area contributed by atoms with E-state index in [1.165, 1.54) is 6.42 Å². The SMILES string of the molecule is CC1(C)C(C(=O)N2CCCC(Br)C2)C1(C)C. The first kappa shape index (κ1) is 12.4. The van der Waals surface area contributed by atoms with Gasteiger partial charge in [-0.05, 0) is 23.7 Å². The number of amides is 1. The molecule has 0 radical (unpaired) electrons. The molecule has 2 nitrogen and oxygen atoms in total. The van der Waals surface area contributed by atoms with Crippen molar-refractivity contribution in [2.24, 2.45) is 16.7 Å². The predicted octanol–water partition coefficient (Wildman–Crippen LogP) is 3.05. The van der Waals surface area contributed by atoms with Gasteiger partial charge in [-0.3, -0.25) is 4.79 Å². The summed E-state index contributed by atoms with van der Waals surface area (Å²) in [5, 5.41) is 0. The van der Waals surface area contributed by atoms with Crippen LogP contribution in [-0.4, -0.2) is 28.7 Å². The van der Waals surface area contributed by atoms with Crippen molar-refractivity contribution in [1.82, 2.24) is 4.90 Å². The van der Waals surface area contributed by atoms with Crippen LogP contribution in [0.15, 0.2) is 0 Å². The average Bonchev–Trinajstić information content (AvgIpc) is 2.56. The molecular formula is C13H22BrNO. The first-order valence-corrected chi connectivity index (χ1v) is 7.13. The molecule has 1 atom stereocenters. The fraction of sp³-hybridized carbons (Fsp3) is 0.923. The van der Waals surface area contributed by atoms with Crippen molar-refractivity contribution in [3.8, 4) is 0 Å². The molecule has 0 N–H and O–H groups in total. The largest absolute Gasteiger partial charge is 0.341 e. The first-order valence-electron chi connectivity index (χ1n) is 6.21. The highest BCUT2D eigenvalue weighted by Gasteiger charge is 2.68. The summed E-state index contributed by atoms with van der Waals surface area (Å²) in [5.74, 6) is 0.594. The number of carbonyl (C=O) groups is 1. The Kier molecular flexibility index (Phi) is 2.89. The summed E-state index contributed by atoms with van der Waals surface area (Å²) in [4.78, 5) is 15.0. The van der Waals surface area contributed by atoms with E-state index in [9.17, 15) is 4.79 Å². The van der Waals surface area contributed by atoms with Crippen LogP contribution in [0.3, 0.4) is 0 Å². The number of hydrogen-bond acceptors (Lipinski definition) is 1. The summed E-state index contributed by atoms with van der Waals surface area (Å²) in [6, 6.07) is 0. The number of halogens is 1. The monoisotopic (exact) mass is 287 g/mol. The maximum Gasteiger partial charge on any atom is 0.226 e. The molecule has 0 bridgehead atoms. The zero-order valence-electron chi connectivity index (χ0n) is 10.7. The Bertz CT molecular complexity index is 297. The Hall–Kier alpha value is -0.0500. The zero-order valence-corrected chi connectivity index (χ0v) is 12.3. The van der Waals surface area contributed by atoms with Gasteiger partial charge < -0.3 is 4.90 Å². The fourth-order valence-electron chi connectivity index (χ4n) is 3.12. The molecule has 1 saturated carbocycles. The van der Waals surface area contributed by atoms with Crippen molar-refractivity contribution >= 4 is 21.8 Å². The van der Waals surface area contributed by atoms with Gasteiger partial charge in [-0.1, -0.05) is 43.6 Å². The van der Waals surface area contributed by atoms with E-state index < -0.39 is 0 Å². The minimum absolute atomic E-state index is 0.170. The lowest BCUT2D eigenvalue weighted by Crippen LogP contribution is -2.42. The maximum atomic E-state index is 12.4. The number of nitrogens with zero attached hydrogens (tertiary/aromatic N) is 1. The second kappa shape index (κ2) is 3.72. The lowest BCUT2D eigenvalue weighted by atomic mass is 10.0. The van der Waals surface area contributed by atoms with Gasteiger partial charge in [-0.2, -0.15) is 0 Å². The van der Waals surface area contributed by atoms with Crippen LogP contribution in [-0.2, 0) is 4.79 Å². The Morgan fingerprint density at radius 2 is 1.81 bits per heavy atom. The smallest absolute Gasteiger partial charge is 0.226 e. The van der Waals surface area contributed by atoms with E-state index in [4.69, 9.17) is 0 Å². The summed E-state index contributed by atoms with van der Waals surface area (Å²) >= 11 is 3.63. The van der Waals surface area contributed by atoms with Crippen LogP contribution in [0.4, 0.5) is 0 Å². The molecular weight excluding hydrogens is 266 g/mol. The second-order valence-electron chi connectivity index (χ2n) is 6.40. The van der Waals surface area contributed by atoms with E-state index in [2.05, 4.69) is 48.5 Å². The summed E-state index contributed by atoms with van der Waals surface area (Å²) in [7, 11) is 0. The van der Waals surface area contributed by atoms with E-state index in [1.54, 1.807) is 0 Å². The molecule has 1 aliphatic carbocycles. The van der Waals surface area contributed by atoms with Crippen LogP contribution in [0.25, 0.3) is 0 Å². The van der Waals surface area contributed by atoms with Gasteiger partial charge in [-0.25, -0.2) is 0 Å². The number of alkyl halides is 1. The van der Waals surface area contributed by atoms with Crippen LogP contribution < -0.4 is 0 Å². The van der Waals surface area contributed by atoms with Crippen LogP contribution in [0.5, 0.6) is 0 Å². The molecule has 0 aromatic heterocycles. The third-order valence-electron chi connectivity index (χ3n) is 4.94. The molecule has 1 saturated heterocycles. The quantitative estimate of drug-likeness (QED) is 0.679. The lowest BCUT2D eigenvalue weighted by molar-refractivity contribution is -0.134. The average molecular weight is 288 g/mol. The standard InChI is InChI=1S/C13H22BrNO/c1-12(2)10(13(12,3)4)11(16)15-7-5-6-9(14)8-15/h9-10H,5-8H2,1-4H3. The van der Waals surface area contributed by atoms with Crippen molar-refractivity contribution in [1.29, 1.82) is 0 Å². The maximum absolute atomic E-state index is 12.4. The Balaban J connectivity index is 2.04. The Labute approximate surface area is 107 Å². The minimum Gasteiger partial charge on any atom is -0.341 e. The van der Waals surface area contributed by atoms with Crippen molar-refractivity contribution in [3.63, 3.8) is 0 Å². The van der Waals surface area contributed by atoms with Crippen LogP contribution in [0, 0.1) is 16.7 Å². The number of likely N-dealkylation sites (tertiary alicyclic amines) is 1. The van der Waals surface area contributed by atoms with Gasteiger partial charge in [0.15, 0.2) is 0 Å². The van der Waals surface area contributed by atoms with E-state index >= 15 is 0 Å². The molecule has 2 fully saturated rings. The topological polar surface area (TPSA) is 20.3 Å². The van der Waals surface area contributed by atoms with Gasteiger partial charge in [0.25, 0.3) is 0 Å². The second-order valence-corrected chi connectivity index (χ2v) is 7.70. The summed E-state index contributed by atoms with van der Waals surface area (Å²) in [6.07, 6.45) is 2.33. The summed E-state index contributed by atoms with van der Waals surface area (Å²) in [5.41, 5.74) is 0.340.